The zero-order valence-electron chi connectivity index (χ0n) is 15.5. The SMILES string of the molecule is CCc1ccc(S(=O)(=O)N2CCN(Cc3cnc4ccccn34)CC2)cc1. The summed E-state index contributed by atoms with van der Waals surface area (Å²) in [5.74, 6) is 0. The van der Waals surface area contributed by atoms with E-state index in [1.807, 2.05) is 42.7 Å². The van der Waals surface area contributed by atoms with Crippen LogP contribution in [-0.4, -0.2) is 53.2 Å². The minimum absolute atomic E-state index is 0.384. The van der Waals surface area contributed by atoms with Gasteiger partial charge in [0.05, 0.1) is 16.8 Å². The number of fused-ring (bicyclic) bond motifs is 1. The summed E-state index contributed by atoms with van der Waals surface area (Å²) in [4.78, 5) is 7.09. The number of hydrogen-bond donors (Lipinski definition) is 0. The standard InChI is InChI=1S/C20H24N4O2S/c1-2-17-6-8-19(9-7-17)27(25,26)23-13-11-22(12-14-23)16-18-15-21-20-5-3-4-10-24(18)20/h3-10,15H,2,11-14,16H2,1H3. The van der Waals surface area contributed by atoms with Crippen molar-refractivity contribution >= 4 is 15.7 Å². The maximum absolute atomic E-state index is 12.9. The molecule has 0 bridgehead atoms. The van der Waals surface area contributed by atoms with E-state index in [0.29, 0.717) is 31.1 Å². The Morgan fingerprint density at radius 2 is 1.74 bits per heavy atom. The molecule has 6 nitrogen and oxygen atoms in total. The van der Waals surface area contributed by atoms with Gasteiger partial charge in [0, 0.05) is 38.9 Å². The highest BCUT2D eigenvalue weighted by Gasteiger charge is 2.28. The number of hydrogen-bond acceptors (Lipinski definition) is 4. The predicted molar refractivity (Wildman–Crippen MR) is 105 cm³/mol. The molecule has 0 N–H and O–H groups in total. The molecule has 0 saturated carbocycles. The van der Waals surface area contributed by atoms with Gasteiger partial charge in [0.25, 0.3) is 0 Å². The van der Waals surface area contributed by atoms with Crippen molar-refractivity contribution in [2.45, 2.75) is 24.8 Å². The molecule has 1 aliphatic heterocycles. The van der Waals surface area contributed by atoms with Gasteiger partial charge in [0.1, 0.15) is 5.65 Å². The Hall–Kier alpha value is -2.22. The van der Waals surface area contributed by atoms with Crippen molar-refractivity contribution in [2.75, 3.05) is 26.2 Å². The molecule has 142 valence electrons. The summed E-state index contributed by atoms with van der Waals surface area (Å²) in [7, 11) is -3.42. The molecule has 0 amide bonds. The molecule has 1 fully saturated rings. The first-order valence-electron chi connectivity index (χ1n) is 9.30. The van der Waals surface area contributed by atoms with Gasteiger partial charge in [-0.05, 0) is 36.2 Å². The van der Waals surface area contributed by atoms with E-state index in [-0.39, 0.29) is 0 Å². The third kappa shape index (κ3) is 3.63. The number of imidazole rings is 1. The molecule has 7 heteroatoms. The lowest BCUT2D eigenvalue weighted by atomic mass is 10.2. The summed E-state index contributed by atoms with van der Waals surface area (Å²) in [5, 5.41) is 0. The summed E-state index contributed by atoms with van der Waals surface area (Å²) in [6.45, 7) is 5.28. The smallest absolute Gasteiger partial charge is 0.243 e. The van der Waals surface area contributed by atoms with Crippen molar-refractivity contribution in [1.82, 2.24) is 18.6 Å². The number of benzene rings is 1. The van der Waals surface area contributed by atoms with Gasteiger partial charge < -0.3 is 4.40 Å². The van der Waals surface area contributed by atoms with Crippen LogP contribution < -0.4 is 0 Å². The van der Waals surface area contributed by atoms with E-state index in [4.69, 9.17) is 0 Å². The molecule has 0 atom stereocenters. The minimum atomic E-state index is -3.42. The zero-order valence-corrected chi connectivity index (χ0v) is 16.3. The number of aryl methyl sites for hydroxylation is 1. The summed E-state index contributed by atoms with van der Waals surface area (Å²) in [5.41, 5.74) is 3.20. The van der Waals surface area contributed by atoms with E-state index >= 15 is 0 Å². The molecule has 1 saturated heterocycles. The van der Waals surface area contributed by atoms with Gasteiger partial charge in [-0.25, -0.2) is 13.4 Å². The molecule has 0 aliphatic carbocycles. The maximum Gasteiger partial charge on any atom is 0.243 e. The van der Waals surface area contributed by atoms with Crippen LogP contribution in [-0.2, 0) is 23.0 Å². The minimum Gasteiger partial charge on any atom is -0.303 e. The predicted octanol–water partition coefficient (Wildman–Crippen LogP) is 2.40. The molecule has 3 heterocycles. The fourth-order valence-corrected chi connectivity index (χ4v) is 4.93. The molecule has 1 aliphatic rings. The average Bonchev–Trinajstić information content (AvgIpc) is 3.11. The van der Waals surface area contributed by atoms with Gasteiger partial charge in [-0.3, -0.25) is 4.90 Å². The third-order valence-corrected chi connectivity index (χ3v) is 7.09. The quantitative estimate of drug-likeness (QED) is 0.678. The topological polar surface area (TPSA) is 57.9 Å². The van der Waals surface area contributed by atoms with E-state index in [1.54, 1.807) is 16.4 Å². The molecule has 3 aromatic rings. The summed E-state index contributed by atoms with van der Waals surface area (Å²) < 4.78 is 29.4. The summed E-state index contributed by atoms with van der Waals surface area (Å²) in [6, 6.07) is 13.2. The number of aromatic nitrogens is 2. The van der Waals surface area contributed by atoms with Crippen LogP contribution in [0.25, 0.3) is 5.65 Å². The first-order valence-corrected chi connectivity index (χ1v) is 10.7. The molecule has 0 unspecified atom stereocenters. The Kier molecular flexibility index (Phi) is 4.99. The van der Waals surface area contributed by atoms with Crippen molar-refractivity contribution in [3.63, 3.8) is 0 Å². The first-order chi connectivity index (χ1) is 13.1. The second-order valence-electron chi connectivity index (χ2n) is 6.86. The van der Waals surface area contributed by atoms with Crippen molar-refractivity contribution < 1.29 is 8.42 Å². The summed E-state index contributed by atoms with van der Waals surface area (Å²) in [6.07, 6.45) is 4.81. The van der Waals surface area contributed by atoms with E-state index in [1.165, 1.54) is 0 Å². The van der Waals surface area contributed by atoms with Crippen molar-refractivity contribution in [3.8, 4) is 0 Å². The number of sulfonamides is 1. The Morgan fingerprint density at radius 1 is 1.00 bits per heavy atom. The monoisotopic (exact) mass is 384 g/mol. The fourth-order valence-electron chi connectivity index (χ4n) is 3.51. The second-order valence-corrected chi connectivity index (χ2v) is 8.79. The largest absolute Gasteiger partial charge is 0.303 e. The molecule has 27 heavy (non-hydrogen) atoms. The van der Waals surface area contributed by atoms with Crippen LogP contribution in [0.5, 0.6) is 0 Å². The van der Waals surface area contributed by atoms with Crippen LogP contribution in [0.3, 0.4) is 0 Å². The molecular formula is C20H24N4O2S. The second kappa shape index (κ2) is 7.42. The van der Waals surface area contributed by atoms with Crippen LogP contribution in [0.2, 0.25) is 0 Å². The van der Waals surface area contributed by atoms with Gasteiger partial charge in [-0.15, -0.1) is 0 Å². The first kappa shape index (κ1) is 18.2. The van der Waals surface area contributed by atoms with Gasteiger partial charge >= 0.3 is 0 Å². The summed E-state index contributed by atoms with van der Waals surface area (Å²) >= 11 is 0. The van der Waals surface area contributed by atoms with Gasteiger partial charge in [0.15, 0.2) is 0 Å². The van der Waals surface area contributed by atoms with Crippen LogP contribution in [0.1, 0.15) is 18.2 Å². The van der Waals surface area contributed by atoms with E-state index in [0.717, 1.165) is 29.9 Å². The Balaban J connectivity index is 1.42. The van der Waals surface area contributed by atoms with Crippen LogP contribution >= 0.6 is 0 Å². The van der Waals surface area contributed by atoms with E-state index < -0.39 is 10.0 Å². The Morgan fingerprint density at radius 3 is 2.44 bits per heavy atom. The molecule has 2 aromatic heterocycles. The van der Waals surface area contributed by atoms with Gasteiger partial charge in [0.2, 0.25) is 10.0 Å². The highest BCUT2D eigenvalue weighted by molar-refractivity contribution is 7.89. The van der Waals surface area contributed by atoms with Crippen LogP contribution in [0.15, 0.2) is 59.8 Å². The molecule has 0 radical (unpaired) electrons. The number of pyridine rings is 1. The Bertz CT molecular complexity index is 1020. The highest BCUT2D eigenvalue weighted by atomic mass is 32.2. The lowest BCUT2D eigenvalue weighted by molar-refractivity contribution is 0.179. The lowest BCUT2D eigenvalue weighted by Crippen LogP contribution is -2.48. The van der Waals surface area contributed by atoms with E-state index in [9.17, 15) is 8.42 Å². The fraction of sp³-hybridized carbons (Fsp3) is 0.350. The lowest BCUT2D eigenvalue weighted by Gasteiger charge is -2.33. The van der Waals surface area contributed by atoms with Gasteiger partial charge in [-0.2, -0.15) is 4.31 Å². The Labute approximate surface area is 160 Å². The zero-order chi connectivity index (χ0) is 18.9. The molecule has 1 aromatic carbocycles. The number of rotatable bonds is 5. The highest BCUT2D eigenvalue weighted by Crippen LogP contribution is 2.19. The van der Waals surface area contributed by atoms with Crippen molar-refractivity contribution in [2.24, 2.45) is 0 Å². The molecule has 0 spiro atoms. The molecule has 4 rings (SSSR count). The third-order valence-electron chi connectivity index (χ3n) is 5.18. The van der Waals surface area contributed by atoms with Crippen LogP contribution in [0, 0.1) is 0 Å². The van der Waals surface area contributed by atoms with Crippen molar-refractivity contribution in [3.05, 3.63) is 66.1 Å². The average molecular weight is 385 g/mol. The van der Waals surface area contributed by atoms with Crippen molar-refractivity contribution in [1.29, 1.82) is 0 Å². The van der Waals surface area contributed by atoms with Gasteiger partial charge in [-0.1, -0.05) is 25.1 Å². The maximum atomic E-state index is 12.9. The van der Waals surface area contributed by atoms with Crippen LogP contribution in [0.4, 0.5) is 0 Å². The molecular weight excluding hydrogens is 360 g/mol. The normalized spacial score (nSPS) is 16.8. The number of piperazine rings is 1. The number of nitrogens with zero attached hydrogens (tertiary/aromatic N) is 4. The van der Waals surface area contributed by atoms with E-state index in [2.05, 4.69) is 21.2 Å².